The summed E-state index contributed by atoms with van der Waals surface area (Å²) >= 11 is 0. The first kappa shape index (κ1) is 28.5. The Morgan fingerprint density at radius 3 is 2.60 bits per heavy atom. The van der Waals surface area contributed by atoms with Gasteiger partial charge in [0.2, 0.25) is 6.79 Å². The monoisotopic (exact) mass is 571 g/mol. The molecule has 1 aliphatic rings. The molecule has 5 rings (SSSR count). The van der Waals surface area contributed by atoms with E-state index in [0.717, 1.165) is 24.4 Å². The minimum Gasteiger partial charge on any atom is -0.497 e. The van der Waals surface area contributed by atoms with E-state index in [4.69, 9.17) is 28.7 Å². The normalized spacial score (nSPS) is 12.3. The number of aliphatic carboxylic acids is 1. The average Bonchev–Trinajstić information content (AvgIpc) is 3.64. The van der Waals surface area contributed by atoms with Crippen LogP contribution in [0.5, 0.6) is 28.7 Å². The summed E-state index contributed by atoms with van der Waals surface area (Å²) in [6.07, 6.45) is 7.74. The molecule has 10 nitrogen and oxygen atoms in total. The number of aromatic nitrogens is 3. The Hall–Kier alpha value is -4.99. The molecule has 0 spiro atoms. The van der Waals surface area contributed by atoms with Gasteiger partial charge in [-0.2, -0.15) is 0 Å². The molecule has 0 unspecified atom stereocenters. The van der Waals surface area contributed by atoms with Crippen molar-refractivity contribution in [1.29, 1.82) is 0 Å². The summed E-state index contributed by atoms with van der Waals surface area (Å²) < 4.78 is 30.2. The highest BCUT2D eigenvalue weighted by atomic mass is 16.7. The largest absolute Gasteiger partial charge is 0.497 e. The maximum Gasteiger partial charge on any atom is 0.331 e. The summed E-state index contributed by atoms with van der Waals surface area (Å²) in [7, 11) is 3.13. The maximum absolute atomic E-state index is 12.5. The second kappa shape index (κ2) is 13.1. The van der Waals surface area contributed by atoms with E-state index < -0.39 is 5.97 Å². The van der Waals surface area contributed by atoms with Gasteiger partial charge in [-0.05, 0) is 42.8 Å². The number of benzene rings is 2. The van der Waals surface area contributed by atoms with Crippen molar-refractivity contribution in [2.24, 2.45) is 0 Å². The van der Waals surface area contributed by atoms with Gasteiger partial charge in [0.1, 0.15) is 29.7 Å². The Bertz CT molecular complexity index is 1580. The van der Waals surface area contributed by atoms with Gasteiger partial charge >= 0.3 is 5.97 Å². The Kier molecular flexibility index (Phi) is 8.91. The highest BCUT2D eigenvalue weighted by molar-refractivity contribution is 5.92. The number of rotatable bonds is 13. The van der Waals surface area contributed by atoms with Crippen LogP contribution in [0.2, 0.25) is 0 Å². The zero-order valence-corrected chi connectivity index (χ0v) is 23.8. The number of ether oxygens (including phenoxy) is 5. The molecule has 0 aliphatic carbocycles. The Labute approximate surface area is 244 Å². The van der Waals surface area contributed by atoms with E-state index in [9.17, 15) is 9.90 Å². The summed E-state index contributed by atoms with van der Waals surface area (Å²) in [5.74, 6) is 2.55. The lowest BCUT2D eigenvalue weighted by molar-refractivity contribution is -0.132. The molecule has 3 heterocycles. The van der Waals surface area contributed by atoms with Crippen LogP contribution in [0.3, 0.4) is 0 Å². The molecule has 218 valence electrons. The summed E-state index contributed by atoms with van der Waals surface area (Å²) in [5.41, 5.74) is 2.91. The molecular weight excluding hydrogens is 538 g/mol. The van der Waals surface area contributed by atoms with Gasteiger partial charge < -0.3 is 28.8 Å². The predicted octanol–water partition coefficient (Wildman–Crippen LogP) is 5.65. The quantitative estimate of drug-likeness (QED) is 0.204. The summed E-state index contributed by atoms with van der Waals surface area (Å²) in [4.78, 5) is 21.6. The number of aryl methyl sites for hydroxylation is 1. The summed E-state index contributed by atoms with van der Waals surface area (Å²) in [5, 5.41) is 10.3. The molecule has 0 saturated heterocycles. The van der Waals surface area contributed by atoms with Crippen molar-refractivity contribution in [3.8, 4) is 34.4 Å². The van der Waals surface area contributed by atoms with Crippen LogP contribution in [-0.4, -0.2) is 46.6 Å². The highest BCUT2D eigenvalue weighted by Gasteiger charge is 2.22. The molecule has 2 aromatic carbocycles. The molecule has 0 bridgehead atoms. The molecule has 0 atom stereocenters. The van der Waals surface area contributed by atoms with Crippen molar-refractivity contribution in [2.45, 2.75) is 39.2 Å². The van der Waals surface area contributed by atoms with E-state index in [1.807, 2.05) is 41.0 Å². The van der Waals surface area contributed by atoms with Gasteiger partial charge in [0.25, 0.3) is 0 Å². The Morgan fingerprint density at radius 1 is 1.05 bits per heavy atom. The van der Waals surface area contributed by atoms with Crippen LogP contribution < -0.4 is 23.7 Å². The van der Waals surface area contributed by atoms with E-state index in [1.54, 1.807) is 37.7 Å². The molecule has 0 fully saturated rings. The van der Waals surface area contributed by atoms with Crippen LogP contribution >= 0.6 is 0 Å². The van der Waals surface area contributed by atoms with Gasteiger partial charge in [0.15, 0.2) is 11.5 Å². The summed E-state index contributed by atoms with van der Waals surface area (Å²) in [6, 6.07) is 14.7. The van der Waals surface area contributed by atoms with Gasteiger partial charge in [-0.25, -0.2) is 9.78 Å². The fraction of sp³-hybridized carbons (Fsp3) is 0.281. The molecule has 2 aromatic heterocycles. The van der Waals surface area contributed by atoms with E-state index in [0.29, 0.717) is 52.1 Å². The van der Waals surface area contributed by atoms with E-state index in [2.05, 4.69) is 11.9 Å². The van der Waals surface area contributed by atoms with Crippen LogP contribution in [0.4, 0.5) is 0 Å². The number of methoxy groups -OCH3 is 2. The third-order valence-electron chi connectivity index (χ3n) is 6.88. The molecule has 10 heteroatoms. The number of pyridine rings is 1. The fourth-order valence-electron chi connectivity index (χ4n) is 4.72. The van der Waals surface area contributed by atoms with E-state index in [1.165, 1.54) is 7.11 Å². The van der Waals surface area contributed by atoms with E-state index in [-0.39, 0.29) is 25.4 Å². The van der Waals surface area contributed by atoms with Crippen LogP contribution in [0.1, 0.15) is 42.5 Å². The molecule has 0 radical (unpaired) electrons. The van der Waals surface area contributed by atoms with Crippen LogP contribution in [0.15, 0.2) is 66.5 Å². The van der Waals surface area contributed by atoms with Gasteiger partial charge in [-0.15, -0.1) is 0 Å². The second-order valence-corrected chi connectivity index (χ2v) is 9.65. The lowest BCUT2D eigenvalue weighted by atomic mass is 10.0. The number of nitrogens with zero attached hydrogens (tertiary/aromatic N) is 3. The number of carboxylic acid groups (broad SMARTS) is 1. The van der Waals surface area contributed by atoms with Crippen molar-refractivity contribution in [1.82, 2.24) is 14.5 Å². The molecule has 1 N–H and O–H groups in total. The van der Waals surface area contributed by atoms with Crippen molar-refractivity contribution in [3.05, 3.63) is 89.3 Å². The highest BCUT2D eigenvalue weighted by Crippen LogP contribution is 2.39. The van der Waals surface area contributed by atoms with Crippen LogP contribution in [-0.2, 0) is 24.2 Å². The molecule has 0 amide bonds. The number of hydrogen-bond acceptors (Lipinski definition) is 8. The van der Waals surface area contributed by atoms with Gasteiger partial charge in [-0.3, -0.25) is 9.55 Å². The zero-order valence-electron chi connectivity index (χ0n) is 23.8. The van der Waals surface area contributed by atoms with Crippen molar-refractivity contribution >= 4 is 12.0 Å². The van der Waals surface area contributed by atoms with Crippen LogP contribution in [0, 0.1) is 0 Å². The van der Waals surface area contributed by atoms with Gasteiger partial charge in [0, 0.05) is 42.3 Å². The molecule has 42 heavy (non-hydrogen) atoms. The van der Waals surface area contributed by atoms with Crippen molar-refractivity contribution in [3.63, 3.8) is 0 Å². The minimum absolute atomic E-state index is 0.0935. The zero-order chi connectivity index (χ0) is 29.5. The number of carboxylic acids is 1. The summed E-state index contributed by atoms with van der Waals surface area (Å²) in [6.45, 7) is 2.47. The molecule has 0 saturated carbocycles. The number of unbranched alkanes of at least 4 members (excludes halogenated alkanes) is 1. The topological polar surface area (TPSA) is 114 Å². The molecule has 4 aromatic rings. The molecular formula is C32H33N3O7. The fourth-order valence-corrected chi connectivity index (χ4v) is 4.72. The first-order valence-electron chi connectivity index (χ1n) is 13.7. The van der Waals surface area contributed by atoms with Crippen LogP contribution in [0.25, 0.3) is 11.8 Å². The SMILES string of the molecule is CCCCc1ncc(C=C(Cc2cc3c(cc2OC)OCO3)C(=O)O)n1-c1ccc(OC)cc1OCc1ccccn1. The minimum atomic E-state index is -1.06. The first-order valence-corrected chi connectivity index (χ1v) is 13.7. The molecule has 1 aliphatic heterocycles. The number of carbonyl (C=O) groups is 1. The average molecular weight is 572 g/mol. The lowest BCUT2D eigenvalue weighted by Gasteiger charge is -2.17. The van der Waals surface area contributed by atoms with E-state index >= 15 is 0 Å². The third kappa shape index (κ3) is 6.33. The predicted molar refractivity (Wildman–Crippen MR) is 156 cm³/mol. The van der Waals surface area contributed by atoms with Crippen molar-refractivity contribution in [2.75, 3.05) is 21.0 Å². The smallest absolute Gasteiger partial charge is 0.331 e. The Balaban J connectivity index is 1.57. The standard InChI is InChI=1S/C32H33N3O7/c1-4-5-9-31-34-18-24(14-22(32(36)37)13-21-15-29-30(42-20-41-29)17-27(21)39-3)35(31)26-11-10-25(38-2)16-28(26)40-19-23-8-6-7-12-33-23/h6-8,10-12,14-18H,4-5,9,13,19-20H2,1-3H3,(H,36,37). The van der Waals surface area contributed by atoms with Crippen molar-refractivity contribution < 1.29 is 33.6 Å². The number of fused-ring (bicyclic) bond motifs is 1. The lowest BCUT2D eigenvalue weighted by Crippen LogP contribution is -2.09. The van der Waals surface area contributed by atoms with Gasteiger partial charge in [0.05, 0.1) is 37.5 Å². The maximum atomic E-state index is 12.5. The second-order valence-electron chi connectivity index (χ2n) is 9.65. The van der Waals surface area contributed by atoms with Gasteiger partial charge in [-0.1, -0.05) is 19.4 Å². The number of imidazole rings is 1. The Morgan fingerprint density at radius 2 is 1.88 bits per heavy atom. The third-order valence-corrected chi connectivity index (χ3v) is 6.88. The first-order chi connectivity index (χ1) is 20.5. The number of hydrogen-bond donors (Lipinski definition) is 1.